The molecule has 2 fully saturated rings. The first-order chi connectivity index (χ1) is 11.2. The van der Waals surface area contributed by atoms with Crippen molar-refractivity contribution >= 4 is 10.9 Å². The van der Waals surface area contributed by atoms with Gasteiger partial charge in [0.1, 0.15) is 0 Å². The first-order valence-electron chi connectivity index (χ1n) is 9.10. The molecule has 0 bridgehead atoms. The molecule has 1 aromatic heterocycles. The van der Waals surface area contributed by atoms with Crippen molar-refractivity contribution in [3.05, 3.63) is 30.0 Å². The molecule has 0 aliphatic carbocycles. The van der Waals surface area contributed by atoms with E-state index in [2.05, 4.69) is 53.3 Å². The lowest BCUT2D eigenvalue weighted by atomic mass is 9.92. The normalized spacial score (nSPS) is 29.9. The number of likely N-dealkylation sites (N-methyl/N-ethyl adjacent to an activating group) is 1. The summed E-state index contributed by atoms with van der Waals surface area (Å²) in [4.78, 5) is 2.42. The van der Waals surface area contributed by atoms with Gasteiger partial charge < -0.3 is 10.2 Å². The number of hydrogen-bond acceptors (Lipinski definition) is 3. The van der Waals surface area contributed by atoms with Crippen LogP contribution in [0.5, 0.6) is 0 Å². The maximum Gasteiger partial charge on any atom is 0.0926 e. The van der Waals surface area contributed by atoms with E-state index >= 15 is 0 Å². The largest absolute Gasteiger partial charge is 0.310 e. The lowest BCUT2D eigenvalue weighted by Crippen LogP contribution is -2.33. The Balaban J connectivity index is 1.57. The molecule has 2 aliphatic heterocycles. The Kier molecular flexibility index (Phi) is 4.12. The highest BCUT2D eigenvalue weighted by molar-refractivity contribution is 5.78. The molecule has 0 spiro atoms. The predicted molar refractivity (Wildman–Crippen MR) is 94.6 cm³/mol. The quantitative estimate of drug-likeness (QED) is 0.923. The van der Waals surface area contributed by atoms with E-state index in [9.17, 15) is 0 Å². The van der Waals surface area contributed by atoms with Crippen LogP contribution in [-0.4, -0.2) is 41.4 Å². The molecule has 2 aliphatic rings. The van der Waals surface area contributed by atoms with Crippen LogP contribution in [0.3, 0.4) is 0 Å². The molecule has 3 atom stereocenters. The number of likely N-dealkylation sites (tertiary alicyclic amines) is 1. The van der Waals surface area contributed by atoms with E-state index in [0.29, 0.717) is 12.1 Å². The minimum Gasteiger partial charge on any atom is -0.310 e. The van der Waals surface area contributed by atoms with Crippen LogP contribution < -0.4 is 5.32 Å². The minimum atomic E-state index is 0.501. The van der Waals surface area contributed by atoms with Crippen LogP contribution in [0, 0.1) is 5.92 Å². The van der Waals surface area contributed by atoms with Gasteiger partial charge in [-0.15, -0.1) is 0 Å². The number of piperidine rings is 2. The first kappa shape index (κ1) is 15.2. The zero-order chi connectivity index (χ0) is 15.8. The van der Waals surface area contributed by atoms with Crippen LogP contribution in [0.25, 0.3) is 10.9 Å². The second kappa shape index (κ2) is 6.25. The van der Waals surface area contributed by atoms with Crippen molar-refractivity contribution in [3.8, 4) is 0 Å². The topological polar surface area (TPSA) is 33.1 Å². The third-order valence-electron chi connectivity index (χ3n) is 5.59. The molecule has 0 saturated carbocycles. The van der Waals surface area contributed by atoms with Gasteiger partial charge >= 0.3 is 0 Å². The van der Waals surface area contributed by atoms with Crippen molar-refractivity contribution in [2.45, 2.75) is 44.7 Å². The van der Waals surface area contributed by atoms with E-state index in [1.165, 1.54) is 43.2 Å². The second-order valence-corrected chi connectivity index (χ2v) is 7.63. The Bertz CT molecular complexity index is 669. The van der Waals surface area contributed by atoms with Gasteiger partial charge in [-0.2, -0.15) is 5.10 Å². The molecule has 0 amide bonds. The first-order valence-corrected chi connectivity index (χ1v) is 9.10. The molecule has 1 aromatic carbocycles. The van der Waals surface area contributed by atoms with E-state index < -0.39 is 0 Å². The van der Waals surface area contributed by atoms with Gasteiger partial charge in [0.05, 0.1) is 11.6 Å². The third kappa shape index (κ3) is 3.15. The van der Waals surface area contributed by atoms with Gasteiger partial charge in [-0.3, -0.25) is 4.68 Å². The SMILES string of the molecule is C[C@H]1CC[C@H](c2ccc3cn([C@@H]4CCCN(C)C4)nc3c2)NC1. The average molecular weight is 312 g/mol. The summed E-state index contributed by atoms with van der Waals surface area (Å²) in [5.74, 6) is 0.803. The van der Waals surface area contributed by atoms with Gasteiger partial charge in [0.2, 0.25) is 0 Å². The number of benzene rings is 1. The zero-order valence-electron chi connectivity index (χ0n) is 14.3. The molecule has 3 heterocycles. The molecule has 1 N–H and O–H groups in total. The van der Waals surface area contributed by atoms with Crippen LogP contribution in [0.1, 0.15) is 50.3 Å². The maximum atomic E-state index is 4.90. The third-order valence-corrected chi connectivity index (χ3v) is 5.59. The summed E-state index contributed by atoms with van der Waals surface area (Å²) in [6.07, 6.45) is 7.30. The lowest BCUT2D eigenvalue weighted by Gasteiger charge is -2.29. The highest BCUT2D eigenvalue weighted by Gasteiger charge is 2.21. The Labute approximate surface area is 138 Å². The summed E-state index contributed by atoms with van der Waals surface area (Å²) < 4.78 is 2.21. The molecule has 2 saturated heterocycles. The van der Waals surface area contributed by atoms with Crippen molar-refractivity contribution in [1.82, 2.24) is 20.0 Å². The molecule has 2 aromatic rings. The molecule has 0 radical (unpaired) electrons. The zero-order valence-corrected chi connectivity index (χ0v) is 14.3. The molecule has 23 heavy (non-hydrogen) atoms. The standard InChI is InChI=1S/C19H28N4/c1-14-5-8-18(20-11-14)15-6-7-16-12-23(21-19(16)10-15)17-4-3-9-22(2)13-17/h6-7,10,12,14,17-18,20H,3-5,8-9,11,13H2,1-2H3/t14-,17+,18+/m0/s1. The lowest BCUT2D eigenvalue weighted by molar-refractivity contribution is 0.203. The van der Waals surface area contributed by atoms with E-state index in [1.54, 1.807) is 0 Å². The highest BCUT2D eigenvalue weighted by atomic mass is 15.3. The summed E-state index contributed by atoms with van der Waals surface area (Å²) >= 11 is 0. The van der Waals surface area contributed by atoms with Crippen LogP contribution in [0.4, 0.5) is 0 Å². The van der Waals surface area contributed by atoms with Gasteiger partial charge in [-0.1, -0.05) is 19.1 Å². The van der Waals surface area contributed by atoms with Gasteiger partial charge in [0.15, 0.2) is 0 Å². The number of fused-ring (bicyclic) bond motifs is 1. The number of hydrogen-bond donors (Lipinski definition) is 1. The molecular weight excluding hydrogens is 284 g/mol. The summed E-state index contributed by atoms with van der Waals surface area (Å²) in [5.41, 5.74) is 2.55. The van der Waals surface area contributed by atoms with E-state index in [0.717, 1.165) is 24.5 Å². The Morgan fingerprint density at radius 3 is 2.91 bits per heavy atom. The van der Waals surface area contributed by atoms with Crippen molar-refractivity contribution in [1.29, 1.82) is 0 Å². The smallest absolute Gasteiger partial charge is 0.0926 e. The second-order valence-electron chi connectivity index (χ2n) is 7.63. The van der Waals surface area contributed by atoms with Crippen molar-refractivity contribution in [3.63, 3.8) is 0 Å². The van der Waals surface area contributed by atoms with Gasteiger partial charge in [0.25, 0.3) is 0 Å². The summed E-state index contributed by atoms with van der Waals surface area (Å²) in [6, 6.07) is 7.86. The molecule has 124 valence electrons. The van der Waals surface area contributed by atoms with E-state index in [-0.39, 0.29) is 0 Å². The monoisotopic (exact) mass is 312 g/mol. The molecular formula is C19H28N4. The van der Waals surface area contributed by atoms with Gasteiger partial charge in [0, 0.05) is 24.2 Å². The molecule has 4 rings (SSSR count). The summed E-state index contributed by atoms with van der Waals surface area (Å²) in [7, 11) is 2.21. The fraction of sp³-hybridized carbons (Fsp3) is 0.632. The van der Waals surface area contributed by atoms with Crippen molar-refractivity contribution in [2.24, 2.45) is 5.92 Å². The van der Waals surface area contributed by atoms with Crippen molar-refractivity contribution < 1.29 is 0 Å². The fourth-order valence-corrected chi connectivity index (χ4v) is 4.09. The maximum absolute atomic E-state index is 4.90. The predicted octanol–water partition coefficient (Wildman–Crippen LogP) is 3.36. The van der Waals surface area contributed by atoms with Crippen LogP contribution in [0.2, 0.25) is 0 Å². The Hall–Kier alpha value is -1.39. The van der Waals surface area contributed by atoms with E-state index in [4.69, 9.17) is 5.10 Å². The van der Waals surface area contributed by atoms with E-state index in [1.807, 2.05) is 0 Å². The highest BCUT2D eigenvalue weighted by Crippen LogP contribution is 2.28. The van der Waals surface area contributed by atoms with Crippen LogP contribution in [-0.2, 0) is 0 Å². The van der Waals surface area contributed by atoms with Gasteiger partial charge in [-0.05, 0) is 63.4 Å². The Morgan fingerprint density at radius 2 is 2.13 bits per heavy atom. The molecule has 4 heteroatoms. The van der Waals surface area contributed by atoms with Crippen LogP contribution in [0.15, 0.2) is 24.4 Å². The van der Waals surface area contributed by atoms with Crippen LogP contribution >= 0.6 is 0 Å². The number of rotatable bonds is 2. The van der Waals surface area contributed by atoms with Gasteiger partial charge in [-0.25, -0.2) is 0 Å². The number of nitrogens with one attached hydrogen (secondary N) is 1. The molecule has 0 unspecified atom stereocenters. The Morgan fingerprint density at radius 1 is 1.22 bits per heavy atom. The molecule has 4 nitrogen and oxygen atoms in total. The summed E-state index contributed by atoms with van der Waals surface area (Å²) in [6.45, 7) is 5.79. The van der Waals surface area contributed by atoms with Crippen molar-refractivity contribution in [2.75, 3.05) is 26.7 Å². The average Bonchev–Trinajstić information content (AvgIpc) is 2.99. The summed E-state index contributed by atoms with van der Waals surface area (Å²) in [5, 5.41) is 9.86. The number of nitrogens with zero attached hydrogens (tertiary/aromatic N) is 3. The minimum absolute atomic E-state index is 0.501. The number of aromatic nitrogens is 2. The fourth-order valence-electron chi connectivity index (χ4n) is 4.09.